The van der Waals surface area contributed by atoms with E-state index < -0.39 is 97.5 Å². The Kier molecular flexibility index (Phi) is 60.2. The Morgan fingerprint density at radius 2 is 0.552 bits per heavy atom. The van der Waals surface area contributed by atoms with Crippen LogP contribution in [-0.2, 0) is 65.4 Å². The van der Waals surface area contributed by atoms with Gasteiger partial charge in [0.25, 0.3) is 0 Å². The number of aliphatic hydroxyl groups excluding tert-OH is 1. The van der Waals surface area contributed by atoms with Gasteiger partial charge in [0.1, 0.15) is 19.3 Å². The molecule has 0 aromatic rings. The van der Waals surface area contributed by atoms with Gasteiger partial charge in [-0.1, -0.05) is 298 Å². The van der Waals surface area contributed by atoms with Crippen molar-refractivity contribution < 1.29 is 80.2 Å². The van der Waals surface area contributed by atoms with Gasteiger partial charge in [-0.2, -0.15) is 0 Å². The number of carbonyl (C=O) groups is 4. The zero-order valence-electron chi connectivity index (χ0n) is 56.2. The molecule has 0 amide bonds. The number of hydrogen-bond acceptors (Lipinski definition) is 15. The van der Waals surface area contributed by atoms with Crippen LogP contribution in [0.15, 0.2) is 0 Å². The molecular weight excluding hydrogens is 1150 g/mol. The molecule has 0 heterocycles. The summed E-state index contributed by atoms with van der Waals surface area (Å²) in [5, 5.41) is 10.5. The average Bonchev–Trinajstić information content (AvgIpc) is 3.69. The summed E-state index contributed by atoms with van der Waals surface area (Å²) in [5.41, 5.74) is 0. The molecule has 0 aliphatic rings. The first-order valence-electron chi connectivity index (χ1n) is 35.7. The molecule has 3 N–H and O–H groups in total. The summed E-state index contributed by atoms with van der Waals surface area (Å²) in [4.78, 5) is 72.2. The van der Waals surface area contributed by atoms with Crippen molar-refractivity contribution in [1.29, 1.82) is 0 Å². The standard InChI is InChI=1S/C68H132O17P2/c1-6-10-13-16-19-20-21-22-23-27-30-33-38-42-47-52-66(71)79-58-64(85-68(73)54-49-44-39-34-31-28-25-24-26-29-32-37-40-45-50-61(5)9-4)60-83-87(76,77)81-56-62(69)55-80-86(74,75)82-59-63(84-67(72)53-48-43-36-18-15-12-8-3)57-78-65(70)51-46-41-35-17-14-11-7-2/h61-64,69H,6-60H2,1-5H3,(H,74,75)(H,76,77)/t61?,62-,63+,64+/m0/s1. The van der Waals surface area contributed by atoms with Gasteiger partial charge in [-0.3, -0.25) is 37.3 Å². The summed E-state index contributed by atoms with van der Waals surface area (Å²) in [6, 6.07) is 0. The third kappa shape index (κ3) is 61.3. The van der Waals surface area contributed by atoms with Gasteiger partial charge in [-0.25, -0.2) is 9.13 Å². The van der Waals surface area contributed by atoms with Gasteiger partial charge in [0.05, 0.1) is 26.4 Å². The van der Waals surface area contributed by atoms with Crippen LogP contribution >= 0.6 is 15.6 Å². The van der Waals surface area contributed by atoms with Gasteiger partial charge in [0.2, 0.25) is 0 Å². The Balaban J connectivity index is 5.15. The lowest BCUT2D eigenvalue weighted by Gasteiger charge is -2.21. The maximum absolute atomic E-state index is 13.0. The fourth-order valence-electron chi connectivity index (χ4n) is 10.3. The summed E-state index contributed by atoms with van der Waals surface area (Å²) < 4.78 is 68.0. The molecule has 0 aliphatic heterocycles. The Bertz CT molecular complexity index is 1690. The molecule has 0 radical (unpaired) electrons. The molecule has 0 aliphatic carbocycles. The number of ether oxygens (including phenoxy) is 4. The zero-order valence-corrected chi connectivity index (χ0v) is 57.9. The van der Waals surface area contributed by atoms with Gasteiger partial charge >= 0.3 is 39.5 Å². The largest absolute Gasteiger partial charge is 0.472 e. The highest BCUT2D eigenvalue weighted by atomic mass is 31.2. The van der Waals surface area contributed by atoms with Crippen molar-refractivity contribution in [2.75, 3.05) is 39.6 Å². The number of rotatable bonds is 68. The number of unbranched alkanes of at least 4 members (excludes halogenated alkanes) is 39. The molecule has 516 valence electrons. The monoisotopic (exact) mass is 1280 g/mol. The van der Waals surface area contributed by atoms with Crippen LogP contribution in [0.3, 0.4) is 0 Å². The van der Waals surface area contributed by atoms with Gasteiger partial charge in [-0.05, 0) is 31.6 Å². The highest BCUT2D eigenvalue weighted by Gasteiger charge is 2.30. The molecule has 87 heavy (non-hydrogen) atoms. The summed E-state index contributed by atoms with van der Waals surface area (Å²) >= 11 is 0. The van der Waals surface area contributed by atoms with E-state index in [1.165, 1.54) is 148 Å². The molecular formula is C68H132O17P2. The minimum atomic E-state index is -4.95. The van der Waals surface area contributed by atoms with E-state index in [9.17, 15) is 43.2 Å². The van der Waals surface area contributed by atoms with Crippen LogP contribution in [0.2, 0.25) is 0 Å². The van der Waals surface area contributed by atoms with Gasteiger partial charge in [0, 0.05) is 25.7 Å². The number of aliphatic hydroxyl groups is 1. The van der Waals surface area contributed by atoms with Crippen molar-refractivity contribution in [2.24, 2.45) is 5.92 Å². The van der Waals surface area contributed by atoms with Crippen molar-refractivity contribution in [3.8, 4) is 0 Å². The molecule has 19 heteroatoms. The van der Waals surface area contributed by atoms with E-state index in [1.54, 1.807) is 0 Å². The van der Waals surface area contributed by atoms with E-state index in [0.717, 1.165) is 121 Å². The van der Waals surface area contributed by atoms with Crippen molar-refractivity contribution in [1.82, 2.24) is 0 Å². The summed E-state index contributed by atoms with van der Waals surface area (Å²) in [6.07, 6.45) is 47.4. The smallest absolute Gasteiger partial charge is 0.462 e. The lowest BCUT2D eigenvalue weighted by Crippen LogP contribution is -2.30. The number of carbonyl (C=O) groups excluding carboxylic acids is 4. The molecule has 6 atom stereocenters. The lowest BCUT2D eigenvalue weighted by atomic mass is 9.99. The Labute approximate surface area is 530 Å². The fourth-order valence-corrected chi connectivity index (χ4v) is 11.8. The Morgan fingerprint density at radius 3 is 0.816 bits per heavy atom. The van der Waals surface area contributed by atoms with E-state index in [-0.39, 0.29) is 25.7 Å². The second kappa shape index (κ2) is 61.6. The quantitative estimate of drug-likeness (QED) is 0.0222. The molecule has 0 aromatic heterocycles. The molecule has 0 rings (SSSR count). The van der Waals surface area contributed by atoms with Crippen molar-refractivity contribution >= 4 is 39.5 Å². The molecule has 0 saturated heterocycles. The third-order valence-corrected chi connectivity index (χ3v) is 18.0. The number of hydrogen-bond donors (Lipinski definition) is 3. The van der Waals surface area contributed by atoms with Gasteiger partial charge in [-0.15, -0.1) is 0 Å². The Hall–Kier alpha value is -1.94. The van der Waals surface area contributed by atoms with Crippen LogP contribution in [0.25, 0.3) is 0 Å². The van der Waals surface area contributed by atoms with Crippen molar-refractivity contribution in [3.63, 3.8) is 0 Å². The molecule has 17 nitrogen and oxygen atoms in total. The van der Waals surface area contributed by atoms with E-state index in [2.05, 4.69) is 34.6 Å². The van der Waals surface area contributed by atoms with Crippen molar-refractivity contribution in [3.05, 3.63) is 0 Å². The highest BCUT2D eigenvalue weighted by Crippen LogP contribution is 2.45. The SMILES string of the molecule is CCCCCCCCCCCCCCCCCC(=O)OC[C@H](COP(=O)(O)OC[C@@H](O)COP(=O)(O)OC[C@@H](COC(=O)CCCCCCCCC)OC(=O)CCCCCCCCC)OC(=O)CCCCCCCCCCCCCCCCC(C)CC. The number of phosphoric ester groups is 2. The molecule has 3 unspecified atom stereocenters. The summed E-state index contributed by atoms with van der Waals surface area (Å²) in [7, 11) is -9.88. The zero-order chi connectivity index (χ0) is 64.2. The lowest BCUT2D eigenvalue weighted by molar-refractivity contribution is -0.161. The number of phosphoric acid groups is 2. The average molecular weight is 1280 g/mol. The molecule has 0 spiro atoms. The van der Waals surface area contributed by atoms with Crippen LogP contribution in [0.4, 0.5) is 0 Å². The molecule has 0 fully saturated rings. The topological polar surface area (TPSA) is 237 Å². The van der Waals surface area contributed by atoms with Gasteiger partial charge in [0.15, 0.2) is 12.2 Å². The third-order valence-electron chi connectivity index (χ3n) is 16.1. The highest BCUT2D eigenvalue weighted by molar-refractivity contribution is 7.47. The van der Waals surface area contributed by atoms with E-state index in [0.29, 0.717) is 25.7 Å². The first-order chi connectivity index (χ1) is 42.1. The second-order valence-electron chi connectivity index (χ2n) is 24.8. The minimum absolute atomic E-state index is 0.104. The van der Waals surface area contributed by atoms with E-state index >= 15 is 0 Å². The minimum Gasteiger partial charge on any atom is -0.462 e. The maximum atomic E-state index is 13.0. The Morgan fingerprint density at radius 1 is 0.322 bits per heavy atom. The van der Waals surface area contributed by atoms with Crippen LogP contribution in [-0.4, -0.2) is 96.7 Å². The normalized spacial score (nSPS) is 14.4. The van der Waals surface area contributed by atoms with Gasteiger partial charge < -0.3 is 33.8 Å². The molecule has 0 saturated carbocycles. The fraction of sp³-hybridized carbons (Fsp3) is 0.941. The molecule has 0 aromatic carbocycles. The predicted molar refractivity (Wildman–Crippen MR) is 349 cm³/mol. The van der Waals surface area contributed by atoms with E-state index in [4.69, 9.17) is 37.0 Å². The van der Waals surface area contributed by atoms with Crippen LogP contribution < -0.4 is 0 Å². The number of esters is 4. The predicted octanol–water partition coefficient (Wildman–Crippen LogP) is 19.4. The second-order valence-corrected chi connectivity index (χ2v) is 27.7. The van der Waals surface area contributed by atoms with Crippen molar-refractivity contribution in [2.45, 2.75) is 368 Å². The van der Waals surface area contributed by atoms with Crippen LogP contribution in [0.5, 0.6) is 0 Å². The summed E-state index contributed by atoms with van der Waals surface area (Å²) in [6.45, 7) is 7.20. The first-order valence-corrected chi connectivity index (χ1v) is 38.7. The maximum Gasteiger partial charge on any atom is 0.472 e. The van der Waals surface area contributed by atoms with Crippen LogP contribution in [0, 0.1) is 5.92 Å². The summed E-state index contributed by atoms with van der Waals surface area (Å²) in [5.74, 6) is -1.29. The van der Waals surface area contributed by atoms with Crippen LogP contribution in [0.1, 0.15) is 349 Å². The molecule has 0 bridgehead atoms. The first kappa shape index (κ1) is 85.1. The van der Waals surface area contributed by atoms with E-state index in [1.807, 2.05) is 0 Å².